The number of hydrogen-bond donors (Lipinski definition) is 0. The van der Waals surface area contributed by atoms with E-state index in [1.165, 1.54) is 4.88 Å². The van der Waals surface area contributed by atoms with Crippen LogP contribution in [0.15, 0.2) is 66.0 Å². The van der Waals surface area contributed by atoms with Crippen molar-refractivity contribution in [2.75, 3.05) is 0 Å². The third kappa shape index (κ3) is 2.15. The lowest BCUT2D eigenvalue weighted by molar-refractivity contribution is 0.906. The lowest BCUT2D eigenvalue weighted by Gasteiger charge is -2.06. The molecule has 4 rings (SSSR count). The molecule has 2 aromatic heterocycles. The Hall–Kier alpha value is -2.10. The SMILES string of the molecule is Clc1ccc(-n2nc3ccccc3c2-c2cccs2)cc1. The van der Waals surface area contributed by atoms with Gasteiger partial charge in [-0.3, -0.25) is 0 Å². The van der Waals surface area contributed by atoms with Gasteiger partial charge < -0.3 is 0 Å². The molecule has 0 bridgehead atoms. The van der Waals surface area contributed by atoms with Crippen molar-refractivity contribution < 1.29 is 0 Å². The van der Waals surface area contributed by atoms with Gasteiger partial charge in [0.25, 0.3) is 0 Å². The second-order valence-corrected chi connectivity index (χ2v) is 6.12. The Kier molecular flexibility index (Phi) is 3.02. The van der Waals surface area contributed by atoms with Crippen LogP contribution in [0.5, 0.6) is 0 Å². The highest BCUT2D eigenvalue weighted by atomic mass is 35.5. The number of rotatable bonds is 2. The van der Waals surface area contributed by atoms with E-state index in [9.17, 15) is 0 Å². The molecule has 2 heterocycles. The van der Waals surface area contributed by atoms with Crippen LogP contribution in [-0.4, -0.2) is 9.78 Å². The maximum absolute atomic E-state index is 5.99. The Bertz CT molecular complexity index is 892. The van der Waals surface area contributed by atoms with Crippen molar-refractivity contribution in [1.82, 2.24) is 9.78 Å². The molecule has 4 aromatic rings. The molecule has 0 saturated carbocycles. The number of benzene rings is 2. The molecule has 2 nitrogen and oxygen atoms in total. The zero-order valence-electron chi connectivity index (χ0n) is 11.0. The minimum Gasteiger partial charge on any atom is -0.231 e. The van der Waals surface area contributed by atoms with E-state index in [0.29, 0.717) is 0 Å². The minimum atomic E-state index is 0.730. The second-order valence-electron chi connectivity index (χ2n) is 4.73. The molecular weight excluding hydrogens is 300 g/mol. The molecule has 0 fully saturated rings. The molecule has 21 heavy (non-hydrogen) atoms. The fraction of sp³-hybridized carbons (Fsp3) is 0. The van der Waals surface area contributed by atoms with Gasteiger partial charge in [-0.15, -0.1) is 11.3 Å². The van der Waals surface area contributed by atoms with Crippen LogP contribution in [0.1, 0.15) is 0 Å². The van der Waals surface area contributed by atoms with Gasteiger partial charge in [-0.1, -0.05) is 35.9 Å². The molecular formula is C17H11ClN2S. The zero-order chi connectivity index (χ0) is 14.2. The summed E-state index contributed by atoms with van der Waals surface area (Å²) in [6, 6.07) is 20.2. The standard InChI is InChI=1S/C17H11ClN2S/c18-12-7-9-13(10-8-12)20-17(16-6-3-11-21-16)14-4-1-2-5-15(14)19-20/h1-11H. The lowest BCUT2D eigenvalue weighted by Crippen LogP contribution is -1.97. The number of nitrogens with zero attached hydrogens (tertiary/aromatic N) is 2. The Morgan fingerprint density at radius 2 is 1.71 bits per heavy atom. The van der Waals surface area contributed by atoms with E-state index in [2.05, 4.69) is 23.6 Å². The molecule has 0 amide bonds. The molecule has 0 unspecified atom stereocenters. The van der Waals surface area contributed by atoms with Crippen LogP contribution in [0, 0.1) is 0 Å². The van der Waals surface area contributed by atoms with Gasteiger partial charge in [0.2, 0.25) is 0 Å². The van der Waals surface area contributed by atoms with Gasteiger partial charge in [0.1, 0.15) is 0 Å². The smallest absolute Gasteiger partial charge is 0.0934 e. The van der Waals surface area contributed by atoms with Gasteiger partial charge in [-0.2, -0.15) is 5.10 Å². The quantitative estimate of drug-likeness (QED) is 0.484. The summed E-state index contributed by atoms with van der Waals surface area (Å²) in [5, 5.41) is 8.73. The first kappa shape index (κ1) is 12.6. The Balaban J connectivity index is 2.04. The number of fused-ring (bicyclic) bond motifs is 1. The van der Waals surface area contributed by atoms with E-state index in [-0.39, 0.29) is 0 Å². The fourth-order valence-electron chi connectivity index (χ4n) is 2.45. The summed E-state index contributed by atoms with van der Waals surface area (Å²) in [5.74, 6) is 0. The number of halogens is 1. The van der Waals surface area contributed by atoms with Crippen molar-refractivity contribution >= 4 is 33.8 Å². The predicted molar refractivity (Wildman–Crippen MR) is 89.4 cm³/mol. The van der Waals surface area contributed by atoms with E-state index >= 15 is 0 Å². The van der Waals surface area contributed by atoms with E-state index < -0.39 is 0 Å². The Morgan fingerprint density at radius 1 is 0.905 bits per heavy atom. The summed E-state index contributed by atoms with van der Waals surface area (Å²) >= 11 is 7.71. The van der Waals surface area contributed by atoms with E-state index in [1.54, 1.807) is 11.3 Å². The highest BCUT2D eigenvalue weighted by Gasteiger charge is 2.14. The van der Waals surface area contributed by atoms with Crippen molar-refractivity contribution in [3.05, 3.63) is 71.1 Å². The van der Waals surface area contributed by atoms with E-state index in [0.717, 1.165) is 27.3 Å². The molecule has 0 radical (unpaired) electrons. The molecule has 102 valence electrons. The summed E-state index contributed by atoms with van der Waals surface area (Å²) in [7, 11) is 0. The van der Waals surface area contributed by atoms with Gasteiger partial charge in [-0.05, 0) is 41.8 Å². The number of hydrogen-bond acceptors (Lipinski definition) is 2. The molecule has 0 atom stereocenters. The predicted octanol–water partition coefficient (Wildman–Crippen LogP) is 5.41. The van der Waals surface area contributed by atoms with Crippen LogP contribution in [-0.2, 0) is 0 Å². The van der Waals surface area contributed by atoms with Crippen LogP contribution in [0.2, 0.25) is 5.02 Å². The van der Waals surface area contributed by atoms with E-state index in [4.69, 9.17) is 16.7 Å². The first-order chi connectivity index (χ1) is 10.3. The Labute approximate surface area is 131 Å². The van der Waals surface area contributed by atoms with Gasteiger partial charge in [0.05, 0.1) is 21.8 Å². The van der Waals surface area contributed by atoms with Crippen molar-refractivity contribution in [3.8, 4) is 16.3 Å². The van der Waals surface area contributed by atoms with Crippen LogP contribution >= 0.6 is 22.9 Å². The molecule has 0 N–H and O–H groups in total. The van der Waals surface area contributed by atoms with Gasteiger partial charge >= 0.3 is 0 Å². The van der Waals surface area contributed by atoms with Crippen LogP contribution < -0.4 is 0 Å². The van der Waals surface area contributed by atoms with Crippen LogP contribution in [0.3, 0.4) is 0 Å². The van der Waals surface area contributed by atoms with Crippen LogP contribution in [0.4, 0.5) is 0 Å². The number of thiophene rings is 1. The van der Waals surface area contributed by atoms with Crippen molar-refractivity contribution in [1.29, 1.82) is 0 Å². The highest BCUT2D eigenvalue weighted by molar-refractivity contribution is 7.13. The highest BCUT2D eigenvalue weighted by Crippen LogP contribution is 2.33. The average molecular weight is 311 g/mol. The maximum atomic E-state index is 5.99. The topological polar surface area (TPSA) is 17.8 Å². The first-order valence-electron chi connectivity index (χ1n) is 6.60. The molecule has 4 heteroatoms. The average Bonchev–Trinajstić information content (AvgIpc) is 3.14. The number of aromatic nitrogens is 2. The molecule has 0 aliphatic carbocycles. The van der Waals surface area contributed by atoms with Crippen molar-refractivity contribution in [2.24, 2.45) is 0 Å². The first-order valence-corrected chi connectivity index (χ1v) is 7.86. The molecule has 0 spiro atoms. The van der Waals surface area contributed by atoms with Crippen LogP contribution in [0.25, 0.3) is 27.2 Å². The summed E-state index contributed by atoms with van der Waals surface area (Å²) in [6.45, 7) is 0. The summed E-state index contributed by atoms with van der Waals surface area (Å²) < 4.78 is 1.99. The van der Waals surface area contributed by atoms with Gasteiger partial charge in [0.15, 0.2) is 0 Å². The zero-order valence-corrected chi connectivity index (χ0v) is 12.6. The minimum absolute atomic E-state index is 0.730. The molecule has 2 aromatic carbocycles. The normalized spacial score (nSPS) is 11.1. The molecule has 0 aliphatic heterocycles. The summed E-state index contributed by atoms with van der Waals surface area (Å²) in [4.78, 5) is 1.21. The summed E-state index contributed by atoms with van der Waals surface area (Å²) in [5.41, 5.74) is 3.14. The monoisotopic (exact) mass is 310 g/mol. The molecule has 0 aliphatic rings. The van der Waals surface area contributed by atoms with Crippen molar-refractivity contribution in [3.63, 3.8) is 0 Å². The van der Waals surface area contributed by atoms with Gasteiger partial charge in [0, 0.05) is 10.4 Å². The summed E-state index contributed by atoms with van der Waals surface area (Å²) in [6.07, 6.45) is 0. The maximum Gasteiger partial charge on any atom is 0.0934 e. The second kappa shape index (κ2) is 5.02. The van der Waals surface area contributed by atoms with Crippen molar-refractivity contribution in [2.45, 2.75) is 0 Å². The molecule has 0 saturated heterocycles. The largest absolute Gasteiger partial charge is 0.231 e. The third-order valence-electron chi connectivity index (χ3n) is 3.40. The fourth-order valence-corrected chi connectivity index (χ4v) is 3.35. The van der Waals surface area contributed by atoms with E-state index in [1.807, 2.05) is 47.1 Å². The third-order valence-corrected chi connectivity index (χ3v) is 4.53. The Morgan fingerprint density at radius 3 is 2.48 bits per heavy atom. The van der Waals surface area contributed by atoms with Gasteiger partial charge in [-0.25, -0.2) is 4.68 Å². The lowest BCUT2D eigenvalue weighted by atomic mass is 10.2.